The van der Waals surface area contributed by atoms with Gasteiger partial charge in [0.25, 0.3) is 5.91 Å². The zero-order valence-corrected chi connectivity index (χ0v) is 19.7. The quantitative estimate of drug-likeness (QED) is 0.374. The number of amides is 1. The molecular formula is C26H28N4O2S. The molecule has 0 saturated heterocycles. The van der Waals surface area contributed by atoms with Gasteiger partial charge in [0.1, 0.15) is 11.4 Å². The van der Waals surface area contributed by atoms with Gasteiger partial charge in [0.15, 0.2) is 5.13 Å². The van der Waals surface area contributed by atoms with Crippen molar-refractivity contribution in [3.8, 4) is 16.2 Å². The number of fused-ring (bicyclic) bond motifs is 1. The Bertz CT molecular complexity index is 1300. The average Bonchev–Trinajstić information content (AvgIpc) is 3.42. The van der Waals surface area contributed by atoms with Crippen LogP contribution < -0.4 is 10.5 Å². The second-order valence-electron chi connectivity index (χ2n) is 8.77. The summed E-state index contributed by atoms with van der Waals surface area (Å²) in [6.07, 6.45) is 5.14. The van der Waals surface area contributed by atoms with Crippen LogP contribution in [0.2, 0.25) is 0 Å². The van der Waals surface area contributed by atoms with E-state index >= 15 is 0 Å². The zero-order chi connectivity index (χ0) is 22.9. The number of anilines is 1. The Labute approximate surface area is 197 Å². The minimum Gasteiger partial charge on any atom is -0.497 e. The van der Waals surface area contributed by atoms with E-state index in [4.69, 9.17) is 10.5 Å². The van der Waals surface area contributed by atoms with Crippen molar-refractivity contribution in [3.05, 3.63) is 65.5 Å². The maximum atomic E-state index is 13.7. The van der Waals surface area contributed by atoms with Gasteiger partial charge in [0, 0.05) is 30.2 Å². The Morgan fingerprint density at radius 3 is 2.88 bits per heavy atom. The number of hydrogen-bond acceptors (Lipinski definition) is 5. The number of aromatic nitrogens is 2. The molecule has 3 N–H and O–H groups in total. The van der Waals surface area contributed by atoms with E-state index in [-0.39, 0.29) is 5.91 Å². The molecule has 0 aliphatic heterocycles. The lowest BCUT2D eigenvalue weighted by Gasteiger charge is -2.22. The van der Waals surface area contributed by atoms with Crippen molar-refractivity contribution in [2.45, 2.75) is 26.2 Å². The Balaban J connectivity index is 1.42. The molecule has 2 aromatic heterocycles. The first-order chi connectivity index (χ1) is 16.0. The topological polar surface area (TPSA) is 84.2 Å². The van der Waals surface area contributed by atoms with Crippen LogP contribution in [-0.2, 0) is 6.42 Å². The molecule has 1 saturated carbocycles. The number of nitrogen functional groups attached to an aromatic ring is 1. The molecule has 0 spiro atoms. The number of aryl methyl sites for hydroxylation is 1. The number of ether oxygens (including phenoxy) is 1. The maximum absolute atomic E-state index is 13.7. The second kappa shape index (κ2) is 8.90. The molecule has 33 heavy (non-hydrogen) atoms. The third kappa shape index (κ3) is 4.59. The van der Waals surface area contributed by atoms with Crippen molar-refractivity contribution in [1.82, 2.24) is 14.9 Å². The normalized spacial score (nSPS) is 13.4. The Morgan fingerprint density at radius 2 is 2.12 bits per heavy atom. The molecule has 2 aromatic carbocycles. The lowest BCUT2D eigenvalue weighted by atomic mass is 10.1. The highest BCUT2D eigenvalue weighted by atomic mass is 32.1. The van der Waals surface area contributed by atoms with Crippen molar-refractivity contribution < 1.29 is 9.53 Å². The molecule has 0 unspecified atom stereocenters. The summed E-state index contributed by atoms with van der Waals surface area (Å²) in [6.45, 7) is 3.43. The highest BCUT2D eigenvalue weighted by Gasteiger charge is 2.30. The predicted octanol–water partition coefficient (Wildman–Crippen LogP) is 5.29. The number of nitrogens with two attached hydrogens (primary N) is 1. The van der Waals surface area contributed by atoms with E-state index in [9.17, 15) is 4.79 Å². The summed E-state index contributed by atoms with van der Waals surface area (Å²) in [5.74, 6) is 1.37. The van der Waals surface area contributed by atoms with E-state index in [2.05, 4.69) is 16.0 Å². The number of hydrogen-bond donors (Lipinski definition) is 2. The minimum absolute atomic E-state index is 0.0382. The van der Waals surface area contributed by atoms with Crippen molar-refractivity contribution in [2.24, 2.45) is 5.92 Å². The van der Waals surface area contributed by atoms with Crippen LogP contribution in [0.4, 0.5) is 5.13 Å². The summed E-state index contributed by atoms with van der Waals surface area (Å²) in [4.78, 5) is 24.3. The summed E-state index contributed by atoms with van der Waals surface area (Å²) in [7, 11) is 1.68. The SMILES string of the molecule is COc1ccc2[nH]cc(CCN(CC3CC3)C(=O)c3nc(N)sc3-c3cccc(C)c3)c2c1. The van der Waals surface area contributed by atoms with Crippen LogP contribution in [0.5, 0.6) is 5.75 Å². The number of nitrogens with zero attached hydrogens (tertiary/aromatic N) is 2. The Hall–Kier alpha value is -3.32. The molecule has 7 heteroatoms. The van der Waals surface area contributed by atoms with Crippen molar-refractivity contribution in [3.63, 3.8) is 0 Å². The summed E-state index contributed by atoms with van der Waals surface area (Å²) in [6, 6.07) is 14.2. The minimum atomic E-state index is -0.0382. The molecule has 0 bridgehead atoms. The van der Waals surface area contributed by atoms with E-state index in [1.165, 1.54) is 29.7 Å². The van der Waals surface area contributed by atoms with Crippen LogP contribution in [0, 0.1) is 12.8 Å². The fraction of sp³-hybridized carbons (Fsp3) is 0.308. The maximum Gasteiger partial charge on any atom is 0.274 e. The predicted molar refractivity (Wildman–Crippen MR) is 134 cm³/mol. The van der Waals surface area contributed by atoms with Gasteiger partial charge in [-0.25, -0.2) is 4.98 Å². The van der Waals surface area contributed by atoms with Gasteiger partial charge in [0.2, 0.25) is 0 Å². The number of carbonyl (C=O) groups is 1. The molecule has 4 aromatic rings. The third-order valence-electron chi connectivity index (χ3n) is 6.21. The average molecular weight is 461 g/mol. The van der Waals surface area contributed by atoms with Gasteiger partial charge in [-0.05, 0) is 61.4 Å². The van der Waals surface area contributed by atoms with Crippen LogP contribution in [0.1, 0.15) is 34.5 Å². The number of nitrogens with one attached hydrogen (secondary N) is 1. The lowest BCUT2D eigenvalue weighted by molar-refractivity contribution is 0.0745. The molecule has 1 amide bonds. The highest BCUT2D eigenvalue weighted by Crippen LogP contribution is 2.35. The number of benzene rings is 2. The molecule has 1 aliphatic carbocycles. The van der Waals surface area contributed by atoms with Gasteiger partial charge in [-0.1, -0.05) is 41.2 Å². The summed E-state index contributed by atoms with van der Waals surface area (Å²) < 4.78 is 5.40. The van der Waals surface area contributed by atoms with E-state index < -0.39 is 0 Å². The zero-order valence-electron chi connectivity index (χ0n) is 18.9. The number of methoxy groups -OCH3 is 1. The first kappa shape index (κ1) is 21.5. The van der Waals surface area contributed by atoms with E-state index in [0.717, 1.165) is 45.6 Å². The van der Waals surface area contributed by atoms with Gasteiger partial charge in [0.05, 0.1) is 12.0 Å². The molecular weight excluding hydrogens is 432 g/mol. The van der Waals surface area contributed by atoms with Crippen LogP contribution in [0.3, 0.4) is 0 Å². The van der Waals surface area contributed by atoms with Gasteiger partial charge in [-0.15, -0.1) is 0 Å². The highest BCUT2D eigenvalue weighted by molar-refractivity contribution is 7.19. The van der Waals surface area contributed by atoms with Crippen molar-refractivity contribution >= 4 is 33.3 Å². The number of H-pyrrole nitrogens is 1. The molecule has 6 nitrogen and oxygen atoms in total. The number of carbonyl (C=O) groups excluding carboxylic acids is 1. The summed E-state index contributed by atoms with van der Waals surface area (Å²) >= 11 is 1.38. The molecule has 1 fully saturated rings. The van der Waals surface area contributed by atoms with Gasteiger partial charge in [-0.3, -0.25) is 4.79 Å². The van der Waals surface area contributed by atoms with Crippen LogP contribution in [-0.4, -0.2) is 41.0 Å². The summed E-state index contributed by atoms with van der Waals surface area (Å²) in [5.41, 5.74) is 10.9. The molecule has 1 aliphatic rings. The van der Waals surface area contributed by atoms with E-state index in [1.54, 1.807) is 7.11 Å². The number of rotatable bonds is 8. The number of thiazole rings is 1. The molecule has 0 radical (unpaired) electrons. The van der Waals surface area contributed by atoms with Gasteiger partial charge in [-0.2, -0.15) is 0 Å². The Kier molecular flexibility index (Phi) is 5.81. The van der Waals surface area contributed by atoms with E-state index in [0.29, 0.717) is 23.3 Å². The molecule has 0 atom stereocenters. The lowest BCUT2D eigenvalue weighted by Crippen LogP contribution is -2.35. The smallest absolute Gasteiger partial charge is 0.274 e. The first-order valence-corrected chi connectivity index (χ1v) is 12.1. The van der Waals surface area contributed by atoms with Gasteiger partial charge >= 0.3 is 0 Å². The van der Waals surface area contributed by atoms with E-state index in [1.807, 2.05) is 54.4 Å². The fourth-order valence-corrected chi connectivity index (χ4v) is 5.07. The fourth-order valence-electron chi connectivity index (χ4n) is 4.25. The van der Waals surface area contributed by atoms with Crippen LogP contribution in [0.25, 0.3) is 21.3 Å². The van der Waals surface area contributed by atoms with Gasteiger partial charge < -0.3 is 20.4 Å². The second-order valence-corrected chi connectivity index (χ2v) is 9.80. The standard InChI is InChI=1S/C26H28N4O2S/c1-16-4-3-5-18(12-16)24-23(29-26(27)33-24)25(31)30(15-17-6-7-17)11-10-19-14-28-22-9-8-20(32-2)13-21(19)22/h3-5,8-9,12-14,17,28H,6-7,10-11,15H2,1-2H3,(H2,27,29). The monoisotopic (exact) mass is 460 g/mol. The third-order valence-corrected chi connectivity index (χ3v) is 7.15. The largest absolute Gasteiger partial charge is 0.497 e. The molecule has 2 heterocycles. The van der Waals surface area contributed by atoms with Crippen LogP contribution >= 0.6 is 11.3 Å². The van der Waals surface area contributed by atoms with Crippen molar-refractivity contribution in [2.75, 3.05) is 25.9 Å². The summed E-state index contributed by atoms with van der Waals surface area (Å²) in [5, 5.41) is 1.55. The first-order valence-electron chi connectivity index (χ1n) is 11.3. The van der Waals surface area contributed by atoms with Crippen molar-refractivity contribution in [1.29, 1.82) is 0 Å². The molecule has 170 valence electrons. The molecule has 5 rings (SSSR count). The van der Waals surface area contributed by atoms with Crippen LogP contribution in [0.15, 0.2) is 48.7 Å². The number of aromatic amines is 1. The Morgan fingerprint density at radius 1 is 1.27 bits per heavy atom.